The van der Waals surface area contributed by atoms with Crippen molar-refractivity contribution in [2.24, 2.45) is 5.92 Å². The van der Waals surface area contributed by atoms with Crippen LogP contribution in [-0.4, -0.2) is 67.8 Å². The van der Waals surface area contributed by atoms with Crippen LogP contribution < -0.4 is 0 Å². The topological polar surface area (TPSA) is 60.9 Å². The van der Waals surface area contributed by atoms with Crippen LogP contribution in [0, 0.1) is 5.92 Å². The predicted molar refractivity (Wildman–Crippen MR) is 63.7 cm³/mol. The van der Waals surface area contributed by atoms with Crippen LogP contribution in [0.4, 0.5) is 0 Å². The predicted octanol–water partition coefficient (Wildman–Crippen LogP) is -0.419. The molecule has 0 spiro atoms. The summed E-state index contributed by atoms with van der Waals surface area (Å²) in [5, 5.41) is 9.73. The van der Waals surface area contributed by atoms with Crippen molar-refractivity contribution in [3.05, 3.63) is 0 Å². The van der Waals surface area contributed by atoms with Crippen LogP contribution in [0.5, 0.6) is 0 Å². The smallest absolute Gasteiger partial charge is 0.211 e. The second-order valence-electron chi connectivity index (χ2n) is 4.77. The molecular weight excluding hydrogens is 228 g/mol. The van der Waals surface area contributed by atoms with E-state index in [1.54, 1.807) is 0 Å². The Bertz CT molecular complexity index is 308. The minimum Gasteiger partial charge on any atom is -0.392 e. The lowest BCUT2D eigenvalue weighted by molar-refractivity contribution is 0.0626. The second-order valence-corrected chi connectivity index (χ2v) is 6.76. The Balaban J connectivity index is 2.38. The number of β-amino-alcohol motifs (C(OH)–C–C–N with tert-alkyl or cyclic N) is 1. The zero-order chi connectivity index (χ0) is 12.3. The maximum atomic E-state index is 11.3. The molecule has 16 heavy (non-hydrogen) atoms. The number of nitrogens with zero attached hydrogens (tertiary/aromatic N) is 2. The summed E-state index contributed by atoms with van der Waals surface area (Å²) in [5.74, 6) is 0.243. The first-order valence-corrected chi connectivity index (χ1v) is 7.51. The van der Waals surface area contributed by atoms with E-state index in [2.05, 4.69) is 4.90 Å². The Hall–Kier alpha value is -0.170. The summed E-state index contributed by atoms with van der Waals surface area (Å²) in [6.45, 7) is 7.07. The van der Waals surface area contributed by atoms with E-state index in [4.69, 9.17) is 0 Å². The molecule has 1 aliphatic heterocycles. The van der Waals surface area contributed by atoms with Gasteiger partial charge in [-0.1, -0.05) is 13.8 Å². The van der Waals surface area contributed by atoms with Gasteiger partial charge in [-0.25, -0.2) is 8.42 Å². The molecule has 6 heteroatoms. The third kappa shape index (κ3) is 4.01. The van der Waals surface area contributed by atoms with Crippen LogP contribution in [0.1, 0.15) is 13.8 Å². The summed E-state index contributed by atoms with van der Waals surface area (Å²) in [6.07, 6.45) is 0.913. The first-order valence-electron chi connectivity index (χ1n) is 5.66. The molecule has 1 fully saturated rings. The van der Waals surface area contributed by atoms with Crippen LogP contribution >= 0.6 is 0 Å². The molecular formula is C10H22N2O3S. The van der Waals surface area contributed by atoms with Gasteiger partial charge < -0.3 is 5.11 Å². The number of hydrogen-bond acceptors (Lipinski definition) is 4. The molecule has 1 N–H and O–H groups in total. The number of aliphatic hydroxyl groups excluding tert-OH is 1. The van der Waals surface area contributed by atoms with Crippen molar-refractivity contribution in [2.45, 2.75) is 20.0 Å². The highest BCUT2D eigenvalue weighted by atomic mass is 32.2. The van der Waals surface area contributed by atoms with Crippen molar-refractivity contribution < 1.29 is 13.5 Å². The zero-order valence-electron chi connectivity index (χ0n) is 10.3. The van der Waals surface area contributed by atoms with E-state index >= 15 is 0 Å². The van der Waals surface area contributed by atoms with Gasteiger partial charge in [0, 0.05) is 32.7 Å². The molecule has 0 aromatic heterocycles. The van der Waals surface area contributed by atoms with Crippen LogP contribution in [-0.2, 0) is 10.0 Å². The molecule has 5 nitrogen and oxygen atoms in total. The van der Waals surface area contributed by atoms with E-state index in [9.17, 15) is 13.5 Å². The number of hydrogen-bond donors (Lipinski definition) is 1. The molecule has 0 saturated carbocycles. The fourth-order valence-electron chi connectivity index (χ4n) is 1.72. The van der Waals surface area contributed by atoms with E-state index in [1.165, 1.54) is 10.6 Å². The first kappa shape index (κ1) is 13.9. The Morgan fingerprint density at radius 3 is 2.06 bits per heavy atom. The first-order chi connectivity index (χ1) is 7.30. The molecule has 0 aliphatic carbocycles. The summed E-state index contributed by atoms with van der Waals surface area (Å²) < 4.78 is 24.1. The third-order valence-electron chi connectivity index (χ3n) is 3.02. The average Bonchev–Trinajstić information content (AvgIpc) is 2.17. The van der Waals surface area contributed by atoms with Gasteiger partial charge in [-0.2, -0.15) is 4.31 Å². The van der Waals surface area contributed by atoms with Gasteiger partial charge in [0.05, 0.1) is 12.4 Å². The lowest BCUT2D eigenvalue weighted by Gasteiger charge is -2.34. The summed E-state index contributed by atoms with van der Waals surface area (Å²) in [5.41, 5.74) is 0. The lowest BCUT2D eigenvalue weighted by Crippen LogP contribution is -2.50. The molecule has 0 amide bonds. The van der Waals surface area contributed by atoms with Crippen LogP contribution in [0.25, 0.3) is 0 Å². The molecule has 1 rings (SSSR count). The fourth-order valence-corrected chi connectivity index (χ4v) is 2.55. The quantitative estimate of drug-likeness (QED) is 0.736. The number of rotatable bonds is 4. The van der Waals surface area contributed by atoms with Gasteiger partial charge in [0.15, 0.2) is 0 Å². The van der Waals surface area contributed by atoms with Crippen molar-refractivity contribution in [1.82, 2.24) is 9.21 Å². The maximum absolute atomic E-state index is 11.3. The highest BCUT2D eigenvalue weighted by Crippen LogP contribution is 2.09. The average molecular weight is 250 g/mol. The van der Waals surface area contributed by atoms with Crippen LogP contribution in [0.3, 0.4) is 0 Å². The SMILES string of the molecule is CC(C)C(O)CN1CCN(S(C)(=O)=O)CC1. The standard InChI is InChI=1S/C10H22N2O3S/c1-9(2)10(13)8-11-4-6-12(7-5-11)16(3,14)15/h9-10,13H,4-8H2,1-3H3. The number of piperazine rings is 1. The molecule has 96 valence electrons. The summed E-state index contributed by atoms with van der Waals surface area (Å²) in [6, 6.07) is 0. The minimum absolute atomic E-state index is 0.243. The summed E-state index contributed by atoms with van der Waals surface area (Å²) >= 11 is 0. The van der Waals surface area contributed by atoms with Gasteiger partial charge in [0.2, 0.25) is 10.0 Å². The van der Waals surface area contributed by atoms with Crippen molar-refractivity contribution in [2.75, 3.05) is 39.0 Å². The van der Waals surface area contributed by atoms with Gasteiger partial charge >= 0.3 is 0 Å². The van der Waals surface area contributed by atoms with Gasteiger partial charge in [0.25, 0.3) is 0 Å². The maximum Gasteiger partial charge on any atom is 0.211 e. The summed E-state index contributed by atoms with van der Waals surface area (Å²) in [7, 11) is -3.05. The molecule has 1 unspecified atom stereocenters. The Labute approximate surface area is 98.1 Å². The number of sulfonamides is 1. The summed E-state index contributed by atoms with van der Waals surface area (Å²) in [4.78, 5) is 2.12. The minimum atomic E-state index is -3.05. The third-order valence-corrected chi connectivity index (χ3v) is 4.32. The van der Waals surface area contributed by atoms with Crippen molar-refractivity contribution in [1.29, 1.82) is 0 Å². The molecule has 0 aromatic rings. The van der Waals surface area contributed by atoms with Crippen molar-refractivity contribution in [3.8, 4) is 0 Å². The van der Waals surface area contributed by atoms with Gasteiger partial charge in [0.1, 0.15) is 0 Å². The van der Waals surface area contributed by atoms with Crippen molar-refractivity contribution >= 4 is 10.0 Å². The normalized spacial score (nSPS) is 22.6. The highest BCUT2D eigenvalue weighted by molar-refractivity contribution is 7.88. The van der Waals surface area contributed by atoms with E-state index in [0.29, 0.717) is 32.7 Å². The van der Waals surface area contributed by atoms with E-state index in [0.717, 1.165) is 0 Å². The Kier molecular flexibility index (Phi) is 4.73. The zero-order valence-corrected chi connectivity index (χ0v) is 11.1. The van der Waals surface area contributed by atoms with Gasteiger partial charge in [-0.05, 0) is 5.92 Å². The second kappa shape index (κ2) is 5.44. The van der Waals surface area contributed by atoms with Crippen LogP contribution in [0.15, 0.2) is 0 Å². The molecule has 0 bridgehead atoms. The van der Waals surface area contributed by atoms with Crippen molar-refractivity contribution in [3.63, 3.8) is 0 Å². The molecule has 1 heterocycles. The Morgan fingerprint density at radius 1 is 1.19 bits per heavy atom. The Morgan fingerprint density at radius 2 is 1.69 bits per heavy atom. The molecule has 1 atom stereocenters. The van der Waals surface area contributed by atoms with Gasteiger partial charge in [-0.3, -0.25) is 4.90 Å². The largest absolute Gasteiger partial charge is 0.392 e. The lowest BCUT2D eigenvalue weighted by atomic mass is 10.1. The van der Waals surface area contributed by atoms with E-state index < -0.39 is 10.0 Å². The van der Waals surface area contributed by atoms with E-state index in [1.807, 2.05) is 13.8 Å². The molecule has 0 aromatic carbocycles. The van der Waals surface area contributed by atoms with Gasteiger partial charge in [-0.15, -0.1) is 0 Å². The highest BCUT2D eigenvalue weighted by Gasteiger charge is 2.24. The van der Waals surface area contributed by atoms with E-state index in [-0.39, 0.29) is 12.0 Å². The molecule has 1 aliphatic rings. The fraction of sp³-hybridized carbons (Fsp3) is 1.00. The monoisotopic (exact) mass is 250 g/mol. The molecule has 1 saturated heterocycles. The molecule has 0 radical (unpaired) electrons. The number of aliphatic hydroxyl groups is 1. The van der Waals surface area contributed by atoms with Crippen LogP contribution in [0.2, 0.25) is 0 Å².